The summed E-state index contributed by atoms with van der Waals surface area (Å²) in [6, 6.07) is 25.3. The van der Waals surface area contributed by atoms with Gasteiger partial charge in [0.1, 0.15) is 0 Å². The molecule has 0 unspecified atom stereocenters. The highest BCUT2D eigenvalue weighted by Crippen LogP contribution is 2.21. The van der Waals surface area contributed by atoms with Gasteiger partial charge in [-0.2, -0.15) is 0 Å². The fourth-order valence-corrected chi connectivity index (χ4v) is 2.83. The Balaban J connectivity index is 1.63. The number of hydrogen-bond donors (Lipinski definition) is 1. The van der Waals surface area contributed by atoms with Crippen molar-refractivity contribution in [3.05, 3.63) is 84.6 Å². The van der Waals surface area contributed by atoms with Gasteiger partial charge in [-0.05, 0) is 40.6 Å². The van der Waals surface area contributed by atoms with E-state index in [4.69, 9.17) is 0 Å². The van der Waals surface area contributed by atoms with E-state index < -0.39 is 0 Å². The van der Waals surface area contributed by atoms with Crippen molar-refractivity contribution in [1.82, 2.24) is 4.98 Å². The molecule has 106 valence electrons. The summed E-state index contributed by atoms with van der Waals surface area (Å²) in [4.78, 5) is 4.35. The van der Waals surface area contributed by atoms with Crippen molar-refractivity contribution in [2.45, 2.75) is 6.54 Å². The zero-order valence-corrected chi connectivity index (χ0v) is 12.2. The van der Waals surface area contributed by atoms with Crippen molar-refractivity contribution in [1.29, 1.82) is 0 Å². The average molecular weight is 284 g/mol. The predicted octanol–water partition coefficient (Wildman–Crippen LogP) is 5.00. The number of benzene rings is 3. The topological polar surface area (TPSA) is 24.9 Å². The Kier molecular flexibility index (Phi) is 3.20. The van der Waals surface area contributed by atoms with Crippen LogP contribution in [0.25, 0.3) is 21.7 Å². The lowest BCUT2D eigenvalue weighted by atomic mass is 10.0. The molecule has 0 fully saturated rings. The molecule has 0 spiro atoms. The highest BCUT2D eigenvalue weighted by molar-refractivity contribution is 5.86. The van der Waals surface area contributed by atoms with Crippen LogP contribution in [0.1, 0.15) is 5.56 Å². The van der Waals surface area contributed by atoms with E-state index in [0.29, 0.717) is 0 Å². The monoisotopic (exact) mass is 284 g/mol. The number of anilines is 1. The molecule has 0 aliphatic heterocycles. The van der Waals surface area contributed by atoms with Gasteiger partial charge in [0.25, 0.3) is 0 Å². The first-order chi connectivity index (χ1) is 10.9. The quantitative estimate of drug-likeness (QED) is 0.572. The van der Waals surface area contributed by atoms with Crippen LogP contribution in [0.5, 0.6) is 0 Å². The van der Waals surface area contributed by atoms with Crippen molar-refractivity contribution in [2.75, 3.05) is 5.32 Å². The van der Waals surface area contributed by atoms with Crippen LogP contribution in [0.3, 0.4) is 0 Å². The lowest BCUT2D eigenvalue weighted by Crippen LogP contribution is -2.00. The summed E-state index contributed by atoms with van der Waals surface area (Å²) >= 11 is 0. The van der Waals surface area contributed by atoms with Crippen LogP contribution in [0.4, 0.5) is 5.69 Å². The van der Waals surface area contributed by atoms with Crippen molar-refractivity contribution >= 4 is 27.4 Å². The molecule has 1 N–H and O–H groups in total. The number of aromatic nitrogens is 1. The van der Waals surface area contributed by atoms with Crippen LogP contribution in [0.15, 0.2) is 79.0 Å². The van der Waals surface area contributed by atoms with Gasteiger partial charge in [0, 0.05) is 23.8 Å². The van der Waals surface area contributed by atoms with Gasteiger partial charge in [-0.15, -0.1) is 0 Å². The Morgan fingerprint density at radius 2 is 1.64 bits per heavy atom. The van der Waals surface area contributed by atoms with E-state index in [2.05, 4.69) is 77.0 Å². The van der Waals surface area contributed by atoms with Gasteiger partial charge < -0.3 is 5.32 Å². The van der Waals surface area contributed by atoms with Crippen LogP contribution < -0.4 is 5.32 Å². The largest absolute Gasteiger partial charge is 0.381 e. The van der Waals surface area contributed by atoms with Crippen molar-refractivity contribution in [3.63, 3.8) is 0 Å². The molecule has 1 heterocycles. The zero-order valence-electron chi connectivity index (χ0n) is 12.2. The average Bonchev–Trinajstić information content (AvgIpc) is 2.60. The molecule has 0 aliphatic rings. The molecule has 0 saturated carbocycles. The summed E-state index contributed by atoms with van der Waals surface area (Å²) in [6.07, 6.45) is 1.82. The summed E-state index contributed by atoms with van der Waals surface area (Å²) in [5.41, 5.74) is 3.45. The number of nitrogens with one attached hydrogen (secondary N) is 1. The Morgan fingerprint density at radius 3 is 2.64 bits per heavy atom. The second kappa shape index (κ2) is 5.49. The van der Waals surface area contributed by atoms with Crippen LogP contribution in [0, 0.1) is 0 Å². The van der Waals surface area contributed by atoms with Crippen LogP contribution in [0.2, 0.25) is 0 Å². The Bertz CT molecular complexity index is 939. The second-order valence-electron chi connectivity index (χ2n) is 5.40. The van der Waals surface area contributed by atoms with Gasteiger partial charge >= 0.3 is 0 Å². The number of fused-ring (bicyclic) bond motifs is 2. The Hall–Kier alpha value is -2.87. The van der Waals surface area contributed by atoms with Crippen molar-refractivity contribution < 1.29 is 0 Å². The van der Waals surface area contributed by atoms with Gasteiger partial charge in [0.2, 0.25) is 0 Å². The first-order valence-corrected chi connectivity index (χ1v) is 7.45. The number of rotatable bonds is 3. The van der Waals surface area contributed by atoms with E-state index in [1.165, 1.54) is 16.3 Å². The summed E-state index contributed by atoms with van der Waals surface area (Å²) in [6.45, 7) is 0.813. The minimum Gasteiger partial charge on any atom is -0.381 e. The van der Waals surface area contributed by atoms with E-state index in [0.717, 1.165) is 23.1 Å². The van der Waals surface area contributed by atoms with Crippen LogP contribution >= 0.6 is 0 Å². The molecule has 22 heavy (non-hydrogen) atoms. The molecule has 2 nitrogen and oxygen atoms in total. The number of nitrogens with zero attached hydrogens (tertiary/aromatic N) is 1. The fourth-order valence-electron chi connectivity index (χ4n) is 2.83. The highest BCUT2D eigenvalue weighted by Gasteiger charge is 2.01. The Morgan fingerprint density at radius 1 is 0.773 bits per heavy atom. The maximum atomic E-state index is 4.35. The predicted molar refractivity (Wildman–Crippen MR) is 93.0 cm³/mol. The van der Waals surface area contributed by atoms with Crippen LogP contribution in [-0.4, -0.2) is 4.98 Å². The van der Waals surface area contributed by atoms with E-state index >= 15 is 0 Å². The van der Waals surface area contributed by atoms with E-state index in [-0.39, 0.29) is 0 Å². The molecule has 0 saturated heterocycles. The van der Waals surface area contributed by atoms with E-state index in [9.17, 15) is 0 Å². The van der Waals surface area contributed by atoms with Gasteiger partial charge in [-0.25, -0.2) is 0 Å². The molecular weight excluding hydrogens is 268 g/mol. The molecule has 4 aromatic rings. The highest BCUT2D eigenvalue weighted by atomic mass is 14.9. The third-order valence-electron chi connectivity index (χ3n) is 3.97. The summed E-state index contributed by atoms with van der Waals surface area (Å²) < 4.78 is 0. The summed E-state index contributed by atoms with van der Waals surface area (Å²) in [5, 5.41) is 7.26. The Labute approximate surface area is 129 Å². The second-order valence-corrected chi connectivity index (χ2v) is 5.40. The third-order valence-corrected chi connectivity index (χ3v) is 3.97. The molecular formula is C20H16N2. The van der Waals surface area contributed by atoms with Gasteiger partial charge in [0.05, 0.1) is 5.52 Å². The molecule has 1 aromatic heterocycles. The maximum Gasteiger partial charge on any atom is 0.0703 e. The summed E-state index contributed by atoms with van der Waals surface area (Å²) in [7, 11) is 0. The van der Waals surface area contributed by atoms with Gasteiger partial charge in [0.15, 0.2) is 0 Å². The molecule has 0 aliphatic carbocycles. The van der Waals surface area contributed by atoms with Crippen molar-refractivity contribution in [3.8, 4) is 0 Å². The van der Waals surface area contributed by atoms with Crippen LogP contribution in [-0.2, 0) is 6.54 Å². The number of pyridine rings is 1. The van der Waals surface area contributed by atoms with Gasteiger partial charge in [-0.1, -0.05) is 48.5 Å². The molecule has 0 amide bonds. The number of hydrogen-bond acceptors (Lipinski definition) is 2. The minimum atomic E-state index is 0.813. The zero-order chi connectivity index (χ0) is 14.8. The first-order valence-electron chi connectivity index (χ1n) is 7.45. The minimum absolute atomic E-state index is 0.813. The molecule has 0 atom stereocenters. The summed E-state index contributed by atoms with van der Waals surface area (Å²) in [5.74, 6) is 0. The third kappa shape index (κ3) is 2.40. The SMILES string of the molecule is c1cnc2ccc(NCc3cccc4ccccc34)cc2c1. The van der Waals surface area contributed by atoms with E-state index in [1.54, 1.807) is 0 Å². The first kappa shape index (κ1) is 12.8. The lowest BCUT2D eigenvalue weighted by molar-refractivity contribution is 1.17. The lowest BCUT2D eigenvalue weighted by Gasteiger charge is -2.10. The normalized spacial score (nSPS) is 10.9. The van der Waals surface area contributed by atoms with E-state index in [1.807, 2.05) is 12.3 Å². The fraction of sp³-hybridized carbons (Fsp3) is 0.0500. The van der Waals surface area contributed by atoms with Gasteiger partial charge in [-0.3, -0.25) is 4.98 Å². The van der Waals surface area contributed by atoms with Crippen molar-refractivity contribution in [2.24, 2.45) is 0 Å². The molecule has 2 heteroatoms. The molecule has 0 radical (unpaired) electrons. The molecule has 4 rings (SSSR count). The standard InChI is InChI=1S/C20H16N2/c1-2-9-19-15(5-1)6-3-7-17(19)14-22-18-10-11-20-16(13-18)8-4-12-21-20/h1-13,22H,14H2. The maximum absolute atomic E-state index is 4.35. The smallest absolute Gasteiger partial charge is 0.0703 e. The molecule has 0 bridgehead atoms. The molecule has 3 aromatic carbocycles.